The molecule has 0 aliphatic carbocycles. The van der Waals surface area contributed by atoms with Crippen LogP contribution in [0.25, 0.3) is 10.8 Å². The molecule has 162 valence electrons. The van der Waals surface area contributed by atoms with Crippen molar-refractivity contribution >= 4 is 26.6 Å². The highest BCUT2D eigenvalue weighted by atomic mass is 32.2. The van der Waals surface area contributed by atoms with Crippen LogP contribution in [0.3, 0.4) is 0 Å². The van der Waals surface area contributed by atoms with Crippen LogP contribution >= 0.6 is 0 Å². The van der Waals surface area contributed by atoms with E-state index in [9.17, 15) is 22.7 Å². The average Bonchev–Trinajstić information content (AvgIpc) is 2.77. The van der Waals surface area contributed by atoms with Crippen molar-refractivity contribution in [3.63, 3.8) is 0 Å². The predicted octanol–water partition coefficient (Wildman–Crippen LogP) is 5.54. The lowest BCUT2D eigenvalue weighted by atomic mass is 9.98. The molecule has 32 heavy (non-hydrogen) atoms. The van der Waals surface area contributed by atoms with Gasteiger partial charge in [-0.25, -0.2) is 12.8 Å². The van der Waals surface area contributed by atoms with Gasteiger partial charge >= 0.3 is 5.97 Å². The van der Waals surface area contributed by atoms with Gasteiger partial charge in [0.15, 0.2) is 0 Å². The molecular formula is C25H19FO5S. The molecule has 0 aliphatic heterocycles. The second-order valence-corrected chi connectivity index (χ2v) is 9.21. The second kappa shape index (κ2) is 8.43. The Balaban J connectivity index is 1.91. The van der Waals surface area contributed by atoms with Gasteiger partial charge in [0.25, 0.3) is 0 Å². The van der Waals surface area contributed by atoms with E-state index in [0.29, 0.717) is 21.9 Å². The van der Waals surface area contributed by atoms with Gasteiger partial charge in [-0.15, -0.1) is 0 Å². The number of carbonyl (C=O) groups is 1. The van der Waals surface area contributed by atoms with Crippen molar-refractivity contribution in [1.29, 1.82) is 0 Å². The maximum Gasteiger partial charge on any atom is 0.307 e. The zero-order chi connectivity index (χ0) is 22.9. The lowest BCUT2D eigenvalue weighted by Crippen LogP contribution is -2.06. The topological polar surface area (TPSA) is 80.7 Å². The Hall–Kier alpha value is -3.71. The zero-order valence-electron chi connectivity index (χ0n) is 17.1. The number of para-hydroxylation sites is 1. The molecule has 0 unspecified atom stereocenters. The molecular weight excluding hydrogens is 431 g/mol. The number of aliphatic carboxylic acids is 1. The van der Waals surface area contributed by atoms with E-state index >= 15 is 0 Å². The number of carboxylic acid groups (broad SMARTS) is 1. The van der Waals surface area contributed by atoms with Gasteiger partial charge in [0.2, 0.25) is 9.84 Å². The highest BCUT2D eigenvalue weighted by molar-refractivity contribution is 7.91. The summed E-state index contributed by atoms with van der Waals surface area (Å²) in [4.78, 5) is 11.4. The van der Waals surface area contributed by atoms with Gasteiger partial charge < -0.3 is 9.84 Å². The fraction of sp³-hybridized carbons (Fsp3) is 0.0800. The summed E-state index contributed by atoms with van der Waals surface area (Å²) in [7, 11) is -3.89. The number of sulfone groups is 1. The Kier molecular flexibility index (Phi) is 5.67. The van der Waals surface area contributed by atoms with E-state index in [-0.39, 0.29) is 27.7 Å². The van der Waals surface area contributed by atoms with Crippen molar-refractivity contribution in [1.82, 2.24) is 0 Å². The molecule has 4 aromatic rings. The minimum Gasteiger partial charge on any atom is -0.481 e. The summed E-state index contributed by atoms with van der Waals surface area (Å²) in [6.45, 7) is 1.67. The molecule has 0 bridgehead atoms. The quantitative estimate of drug-likeness (QED) is 0.417. The van der Waals surface area contributed by atoms with Gasteiger partial charge in [0, 0.05) is 5.39 Å². The Labute approximate surface area is 184 Å². The first-order chi connectivity index (χ1) is 15.3. The molecule has 0 atom stereocenters. The van der Waals surface area contributed by atoms with Gasteiger partial charge in [-0.3, -0.25) is 4.79 Å². The third kappa shape index (κ3) is 4.07. The number of benzene rings is 4. The maximum atomic E-state index is 14.0. The number of hydrogen-bond acceptors (Lipinski definition) is 4. The largest absolute Gasteiger partial charge is 0.481 e. The van der Waals surface area contributed by atoms with Crippen LogP contribution < -0.4 is 4.74 Å². The Bertz CT molecular complexity index is 1430. The van der Waals surface area contributed by atoms with Crippen LogP contribution in [0.1, 0.15) is 11.1 Å². The SMILES string of the molecule is Cc1c(CC(=O)O)cc2ccc(F)cc2c1Oc1ccccc1S(=O)(=O)c1ccccc1. The summed E-state index contributed by atoms with van der Waals surface area (Å²) in [5.74, 6) is -1.23. The number of rotatable bonds is 6. The molecule has 0 fully saturated rings. The molecule has 0 radical (unpaired) electrons. The van der Waals surface area contributed by atoms with Crippen molar-refractivity contribution in [2.45, 2.75) is 23.1 Å². The van der Waals surface area contributed by atoms with Crippen LogP contribution in [0.5, 0.6) is 11.5 Å². The fourth-order valence-corrected chi connectivity index (χ4v) is 4.97. The molecule has 0 spiro atoms. The van der Waals surface area contributed by atoms with Gasteiger partial charge in [0.05, 0.1) is 11.3 Å². The van der Waals surface area contributed by atoms with Crippen LogP contribution in [-0.4, -0.2) is 19.5 Å². The molecule has 0 saturated heterocycles. The molecule has 1 N–H and O–H groups in total. The molecule has 0 heterocycles. The molecule has 4 aromatic carbocycles. The van der Waals surface area contributed by atoms with Crippen LogP contribution in [0, 0.1) is 12.7 Å². The standard InChI is InChI=1S/C25H19FO5S/c1-16-18(14-24(27)28)13-17-11-12-19(26)15-21(17)25(16)31-22-9-5-6-10-23(22)32(29,30)20-7-3-2-4-8-20/h2-13,15H,14H2,1H3,(H,27,28). The van der Waals surface area contributed by atoms with Crippen LogP contribution in [0.15, 0.2) is 88.7 Å². The monoisotopic (exact) mass is 450 g/mol. The number of ether oxygens (including phenoxy) is 1. The molecule has 0 saturated carbocycles. The Morgan fingerprint density at radius 2 is 1.66 bits per heavy atom. The van der Waals surface area contributed by atoms with Crippen molar-refractivity contribution in [2.75, 3.05) is 0 Å². The third-order valence-electron chi connectivity index (χ3n) is 5.16. The van der Waals surface area contributed by atoms with Crippen LogP contribution in [0.4, 0.5) is 4.39 Å². The van der Waals surface area contributed by atoms with E-state index in [1.165, 1.54) is 42.5 Å². The van der Waals surface area contributed by atoms with Crippen molar-refractivity contribution in [2.24, 2.45) is 0 Å². The number of hydrogen-bond donors (Lipinski definition) is 1. The normalized spacial score (nSPS) is 11.4. The molecule has 7 heteroatoms. The highest BCUT2D eigenvalue weighted by Crippen LogP contribution is 2.39. The van der Waals surface area contributed by atoms with E-state index in [0.717, 1.165) is 0 Å². The lowest BCUT2D eigenvalue weighted by molar-refractivity contribution is -0.136. The van der Waals surface area contributed by atoms with Crippen molar-refractivity contribution < 1.29 is 27.4 Å². The fourth-order valence-electron chi connectivity index (χ4n) is 3.57. The number of carboxylic acids is 1. The molecule has 4 rings (SSSR count). The summed E-state index contributed by atoms with van der Waals surface area (Å²) in [6, 6.07) is 19.9. The van der Waals surface area contributed by atoms with E-state index in [1.807, 2.05) is 0 Å². The smallest absolute Gasteiger partial charge is 0.307 e. The van der Waals surface area contributed by atoms with E-state index in [1.54, 1.807) is 43.3 Å². The third-order valence-corrected chi connectivity index (χ3v) is 6.97. The van der Waals surface area contributed by atoms with Gasteiger partial charge in [0.1, 0.15) is 22.2 Å². The van der Waals surface area contributed by atoms with Crippen molar-refractivity contribution in [3.05, 3.63) is 95.8 Å². The first kappa shape index (κ1) is 21.5. The first-order valence-electron chi connectivity index (χ1n) is 9.78. The number of halogens is 1. The first-order valence-corrected chi connectivity index (χ1v) is 11.3. The van der Waals surface area contributed by atoms with Crippen LogP contribution in [-0.2, 0) is 21.1 Å². The Morgan fingerprint density at radius 3 is 2.38 bits per heavy atom. The lowest BCUT2D eigenvalue weighted by Gasteiger charge is -2.17. The zero-order valence-corrected chi connectivity index (χ0v) is 17.9. The van der Waals surface area contributed by atoms with Gasteiger partial charge in [-0.05, 0) is 59.8 Å². The molecule has 0 aliphatic rings. The molecule has 5 nitrogen and oxygen atoms in total. The van der Waals surface area contributed by atoms with Crippen molar-refractivity contribution in [3.8, 4) is 11.5 Å². The molecule has 0 amide bonds. The predicted molar refractivity (Wildman–Crippen MR) is 118 cm³/mol. The summed E-state index contributed by atoms with van der Waals surface area (Å²) in [5, 5.41) is 10.3. The van der Waals surface area contributed by atoms with Gasteiger partial charge in [-0.1, -0.05) is 42.5 Å². The van der Waals surface area contributed by atoms with E-state index in [2.05, 4.69) is 0 Å². The second-order valence-electron chi connectivity index (χ2n) is 7.29. The molecule has 0 aromatic heterocycles. The van der Waals surface area contributed by atoms with Crippen LogP contribution in [0.2, 0.25) is 0 Å². The average molecular weight is 450 g/mol. The highest BCUT2D eigenvalue weighted by Gasteiger charge is 2.23. The van der Waals surface area contributed by atoms with E-state index in [4.69, 9.17) is 4.74 Å². The van der Waals surface area contributed by atoms with E-state index < -0.39 is 21.6 Å². The minimum atomic E-state index is -3.89. The summed E-state index contributed by atoms with van der Waals surface area (Å²) >= 11 is 0. The summed E-state index contributed by atoms with van der Waals surface area (Å²) < 4.78 is 46.6. The summed E-state index contributed by atoms with van der Waals surface area (Å²) in [6.07, 6.45) is -0.251. The minimum absolute atomic E-state index is 0.0428. The Morgan fingerprint density at radius 1 is 0.969 bits per heavy atom. The van der Waals surface area contributed by atoms with Gasteiger partial charge in [-0.2, -0.15) is 0 Å². The maximum absolute atomic E-state index is 14.0. The summed E-state index contributed by atoms with van der Waals surface area (Å²) in [5.41, 5.74) is 0.993. The number of fused-ring (bicyclic) bond motifs is 1.